The number of aromatic amines is 1. The number of hydrogen-bond acceptors (Lipinski definition) is 2. The van der Waals surface area contributed by atoms with E-state index in [-0.39, 0.29) is 11.7 Å². The lowest BCUT2D eigenvalue weighted by molar-refractivity contribution is -0.121. The van der Waals surface area contributed by atoms with Gasteiger partial charge in [0.2, 0.25) is 5.91 Å². The zero-order valence-electron chi connectivity index (χ0n) is 12.7. The number of halogens is 1. The van der Waals surface area contributed by atoms with Crippen molar-refractivity contribution in [2.45, 2.75) is 19.3 Å². The van der Waals surface area contributed by atoms with Crippen LogP contribution in [-0.4, -0.2) is 22.4 Å². The van der Waals surface area contributed by atoms with Crippen molar-refractivity contribution in [3.8, 4) is 0 Å². The van der Waals surface area contributed by atoms with Gasteiger partial charge in [-0.05, 0) is 48.2 Å². The molecule has 3 aromatic rings. The molecule has 0 aliphatic carbocycles. The summed E-state index contributed by atoms with van der Waals surface area (Å²) in [6, 6.07) is 12.4. The van der Waals surface area contributed by atoms with Crippen molar-refractivity contribution in [3.63, 3.8) is 0 Å². The molecular formula is C18H18FN3O. The first-order chi connectivity index (χ1) is 11.2. The van der Waals surface area contributed by atoms with Gasteiger partial charge in [-0.3, -0.25) is 4.79 Å². The molecule has 0 radical (unpaired) electrons. The lowest BCUT2D eigenvalue weighted by Crippen LogP contribution is -2.25. The number of carbonyl (C=O) groups excluding carboxylic acids is 1. The van der Waals surface area contributed by atoms with Crippen LogP contribution in [0, 0.1) is 5.82 Å². The Morgan fingerprint density at radius 3 is 2.87 bits per heavy atom. The number of imidazole rings is 1. The van der Waals surface area contributed by atoms with Crippen molar-refractivity contribution in [1.82, 2.24) is 15.3 Å². The molecule has 0 saturated carbocycles. The number of carbonyl (C=O) groups is 1. The summed E-state index contributed by atoms with van der Waals surface area (Å²) in [5, 5.41) is 2.90. The number of aromatic nitrogens is 2. The molecule has 3 rings (SSSR count). The van der Waals surface area contributed by atoms with Gasteiger partial charge in [-0.25, -0.2) is 9.37 Å². The number of fused-ring (bicyclic) bond motifs is 1. The van der Waals surface area contributed by atoms with Gasteiger partial charge in [0.05, 0.1) is 17.4 Å². The van der Waals surface area contributed by atoms with Crippen LogP contribution in [0.5, 0.6) is 0 Å². The van der Waals surface area contributed by atoms with Gasteiger partial charge in [0.25, 0.3) is 0 Å². The van der Waals surface area contributed by atoms with Crippen LogP contribution in [0.1, 0.15) is 17.5 Å². The standard InChI is InChI=1S/C18H18FN3O/c19-15-3-1-2-13(10-15)5-7-18(23)20-9-8-14-4-6-16-17(11-14)22-12-21-16/h1-4,6,10-12H,5,7-9H2,(H,20,23)(H,21,22). The number of aryl methyl sites for hydroxylation is 1. The molecule has 5 heteroatoms. The van der Waals surface area contributed by atoms with Gasteiger partial charge in [-0.15, -0.1) is 0 Å². The van der Waals surface area contributed by atoms with E-state index in [1.165, 1.54) is 12.1 Å². The summed E-state index contributed by atoms with van der Waals surface area (Å²) in [4.78, 5) is 19.1. The van der Waals surface area contributed by atoms with E-state index in [1.807, 2.05) is 24.3 Å². The zero-order valence-corrected chi connectivity index (χ0v) is 12.7. The molecule has 1 aromatic heterocycles. The van der Waals surface area contributed by atoms with Gasteiger partial charge in [0, 0.05) is 13.0 Å². The monoisotopic (exact) mass is 311 g/mol. The lowest BCUT2D eigenvalue weighted by Gasteiger charge is -2.06. The predicted molar refractivity (Wildman–Crippen MR) is 87.5 cm³/mol. The maximum atomic E-state index is 13.1. The molecule has 2 N–H and O–H groups in total. The maximum Gasteiger partial charge on any atom is 0.220 e. The van der Waals surface area contributed by atoms with Crippen molar-refractivity contribution in [1.29, 1.82) is 0 Å². The highest BCUT2D eigenvalue weighted by Crippen LogP contribution is 2.11. The van der Waals surface area contributed by atoms with Crippen molar-refractivity contribution in [2.75, 3.05) is 6.54 Å². The van der Waals surface area contributed by atoms with Crippen LogP contribution in [0.4, 0.5) is 4.39 Å². The Bertz CT molecular complexity index is 813. The molecule has 0 aliphatic rings. The van der Waals surface area contributed by atoms with Crippen LogP contribution in [-0.2, 0) is 17.6 Å². The Kier molecular flexibility index (Phi) is 4.66. The van der Waals surface area contributed by atoms with E-state index in [4.69, 9.17) is 0 Å². The molecule has 4 nitrogen and oxygen atoms in total. The fourth-order valence-corrected chi connectivity index (χ4v) is 2.52. The van der Waals surface area contributed by atoms with Gasteiger partial charge < -0.3 is 10.3 Å². The quantitative estimate of drug-likeness (QED) is 0.735. The molecular weight excluding hydrogens is 293 g/mol. The smallest absolute Gasteiger partial charge is 0.220 e. The fourth-order valence-electron chi connectivity index (χ4n) is 2.52. The first kappa shape index (κ1) is 15.2. The molecule has 2 aromatic carbocycles. The molecule has 0 unspecified atom stereocenters. The van der Waals surface area contributed by atoms with Crippen molar-refractivity contribution >= 4 is 16.9 Å². The molecule has 1 heterocycles. The number of hydrogen-bond donors (Lipinski definition) is 2. The number of rotatable bonds is 6. The second kappa shape index (κ2) is 7.05. The SMILES string of the molecule is O=C(CCc1cccc(F)c1)NCCc1ccc2nc[nH]c2c1. The molecule has 0 saturated heterocycles. The van der Waals surface area contributed by atoms with Crippen molar-refractivity contribution in [3.05, 3.63) is 65.7 Å². The summed E-state index contributed by atoms with van der Waals surface area (Å²) in [5.41, 5.74) is 3.92. The third kappa shape index (κ3) is 4.16. The number of H-pyrrole nitrogens is 1. The number of nitrogens with one attached hydrogen (secondary N) is 2. The first-order valence-electron chi connectivity index (χ1n) is 7.64. The third-order valence-corrected chi connectivity index (χ3v) is 3.75. The summed E-state index contributed by atoms with van der Waals surface area (Å²) in [6.45, 7) is 0.585. The van der Waals surface area contributed by atoms with E-state index in [0.717, 1.165) is 28.6 Å². The van der Waals surface area contributed by atoms with Crippen LogP contribution < -0.4 is 5.32 Å². The Labute approximate surface area is 133 Å². The molecule has 0 atom stereocenters. The van der Waals surface area contributed by atoms with Crippen molar-refractivity contribution < 1.29 is 9.18 Å². The second-order valence-electron chi connectivity index (χ2n) is 5.48. The average molecular weight is 311 g/mol. The molecule has 1 amide bonds. The Morgan fingerprint density at radius 2 is 2.00 bits per heavy atom. The topological polar surface area (TPSA) is 57.8 Å². The van der Waals surface area contributed by atoms with Crippen molar-refractivity contribution in [2.24, 2.45) is 0 Å². The Hall–Kier alpha value is -2.69. The minimum absolute atomic E-state index is 0.0168. The molecule has 0 spiro atoms. The third-order valence-electron chi connectivity index (χ3n) is 3.75. The van der Waals surface area contributed by atoms with Gasteiger partial charge in [0.1, 0.15) is 5.82 Å². The fraction of sp³-hybridized carbons (Fsp3) is 0.222. The molecule has 0 aliphatic heterocycles. The average Bonchev–Trinajstić information content (AvgIpc) is 3.01. The lowest BCUT2D eigenvalue weighted by atomic mass is 10.1. The highest BCUT2D eigenvalue weighted by Gasteiger charge is 2.04. The van der Waals surface area contributed by atoms with Crippen LogP contribution >= 0.6 is 0 Å². The maximum absolute atomic E-state index is 13.1. The highest BCUT2D eigenvalue weighted by molar-refractivity contribution is 5.76. The van der Waals surface area contributed by atoms with Gasteiger partial charge in [-0.2, -0.15) is 0 Å². The highest BCUT2D eigenvalue weighted by atomic mass is 19.1. The summed E-state index contributed by atoms with van der Waals surface area (Å²) in [6.07, 6.45) is 3.34. The summed E-state index contributed by atoms with van der Waals surface area (Å²) in [7, 11) is 0. The van der Waals surface area contributed by atoms with Gasteiger partial charge in [-0.1, -0.05) is 18.2 Å². The Morgan fingerprint density at radius 1 is 1.13 bits per heavy atom. The van der Waals surface area contributed by atoms with E-state index < -0.39 is 0 Å². The zero-order chi connectivity index (χ0) is 16.1. The minimum atomic E-state index is -0.267. The number of benzene rings is 2. The van der Waals surface area contributed by atoms with Crippen LogP contribution in [0.3, 0.4) is 0 Å². The molecule has 23 heavy (non-hydrogen) atoms. The Balaban J connectivity index is 1.43. The van der Waals surface area contributed by atoms with Crippen LogP contribution in [0.25, 0.3) is 11.0 Å². The van der Waals surface area contributed by atoms with E-state index in [9.17, 15) is 9.18 Å². The predicted octanol–water partition coefficient (Wildman–Crippen LogP) is 2.99. The van der Waals surface area contributed by atoms with Gasteiger partial charge in [0.15, 0.2) is 0 Å². The second-order valence-corrected chi connectivity index (χ2v) is 5.48. The number of nitrogens with zero attached hydrogens (tertiary/aromatic N) is 1. The van der Waals surface area contributed by atoms with E-state index in [0.29, 0.717) is 19.4 Å². The van der Waals surface area contributed by atoms with E-state index in [1.54, 1.807) is 12.4 Å². The first-order valence-corrected chi connectivity index (χ1v) is 7.64. The van der Waals surface area contributed by atoms with Crippen LogP contribution in [0.2, 0.25) is 0 Å². The number of amides is 1. The van der Waals surface area contributed by atoms with E-state index >= 15 is 0 Å². The van der Waals surface area contributed by atoms with Crippen LogP contribution in [0.15, 0.2) is 48.8 Å². The minimum Gasteiger partial charge on any atom is -0.356 e. The van der Waals surface area contributed by atoms with E-state index in [2.05, 4.69) is 15.3 Å². The molecule has 0 bridgehead atoms. The normalized spacial score (nSPS) is 10.8. The summed E-state index contributed by atoms with van der Waals surface area (Å²) >= 11 is 0. The summed E-state index contributed by atoms with van der Waals surface area (Å²) < 4.78 is 13.1. The molecule has 118 valence electrons. The molecule has 0 fully saturated rings. The van der Waals surface area contributed by atoms with Gasteiger partial charge >= 0.3 is 0 Å². The summed E-state index contributed by atoms with van der Waals surface area (Å²) in [5.74, 6) is -0.283. The largest absolute Gasteiger partial charge is 0.356 e.